The lowest BCUT2D eigenvalue weighted by Gasteiger charge is -2.35. The van der Waals surface area contributed by atoms with Gasteiger partial charge in [0.05, 0.1) is 12.6 Å². The third-order valence-electron chi connectivity index (χ3n) is 5.16. The maximum atomic E-state index is 13.3. The van der Waals surface area contributed by atoms with Gasteiger partial charge in [-0.05, 0) is 61.7 Å². The average molecular weight is 369 g/mol. The number of rotatable bonds is 5. The van der Waals surface area contributed by atoms with E-state index in [1.165, 1.54) is 11.3 Å². The van der Waals surface area contributed by atoms with Crippen molar-refractivity contribution in [1.82, 2.24) is 15.1 Å². The van der Waals surface area contributed by atoms with Crippen LogP contribution in [0.5, 0.6) is 5.75 Å². The first-order valence-electron chi connectivity index (χ1n) is 9.11. The number of nitrogens with one attached hydrogen (secondary N) is 1. The van der Waals surface area contributed by atoms with Gasteiger partial charge in [-0.1, -0.05) is 6.07 Å². The Morgan fingerprint density at radius 2 is 2.31 bits per heavy atom. The molecule has 0 unspecified atom stereocenters. The Bertz CT molecular complexity index is 888. The molecule has 5 nitrogen and oxygen atoms in total. The first kappa shape index (κ1) is 17.1. The maximum absolute atomic E-state index is 13.3. The predicted octanol–water partition coefficient (Wildman–Crippen LogP) is 4.26. The molecule has 1 aromatic carbocycles. The molecule has 6 heteroatoms. The summed E-state index contributed by atoms with van der Waals surface area (Å²) in [5.41, 5.74) is 1.36. The molecule has 1 amide bonds. The Labute approximate surface area is 157 Å². The molecule has 136 valence electrons. The number of H-pyrrole nitrogens is 1. The van der Waals surface area contributed by atoms with Crippen LogP contribution in [0.25, 0.3) is 10.9 Å². The molecule has 0 saturated carbocycles. The molecule has 0 aliphatic carbocycles. The van der Waals surface area contributed by atoms with Crippen LogP contribution in [0.4, 0.5) is 0 Å². The standard InChI is InChI=1S/C20H23N3O2S/c1-25-15-8-10-18-17(13-15)19(22-21-18)20(24)23-11-3-2-5-14(23)7-9-16-6-4-12-26-16/h4,6,8,10,12-14H,2-3,5,7,9,11H2,1H3,(H,21,22)/t14-/m0/s1. The van der Waals surface area contributed by atoms with E-state index < -0.39 is 0 Å². The smallest absolute Gasteiger partial charge is 0.275 e. The fourth-order valence-corrected chi connectivity index (χ4v) is 4.48. The zero-order valence-electron chi connectivity index (χ0n) is 14.9. The van der Waals surface area contributed by atoms with Crippen LogP contribution in [0.15, 0.2) is 35.7 Å². The predicted molar refractivity (Wildman–Crippen MR) is 104 cm³/mol. The minimum atomic E-state index is 0.0281. The highest BCUT2D eigenvalue weighted by Crippen LogP contribution is 2.27. The number of hydrogen-bond donors (Lipinski definition) is 1. The molecule has 0 spiro atoms. The van der Waals surface area contributed by atoms with Crippen LogP contribution in [0.3, 0.4) is 0 Å². The number of fused-ring (bicyclic) bond motifs is 1. The number of piperidine rings is 1. The number of aryl methyl sites for hydroxylation is 1. The van der Waals surface area contributed by atoms with Gasteiger partial charge >= 0.3 is 0 Å². The summed E-state index contributed by atoms with van der Waals surface area (Å²) in [6.45, 7) is 0.812. The highest BCUT2D eigenvalue weighted by molar-refractivity contribution is 7.09. The van der Waals surface area contributed by atoms with E-state index in [1.54, 1.807) is 18.4 Å². The number of nitrogens with zero attached hydrogens (tertiary/aromatic N) is 2. The molecule has 0 bridgehead atoms. The summed E-state index contributed by atoms with van der Waals surface area (Å²) < 4.78 is 5.31. The van der Waals surface area contributed by atoms with Crippen molar-refractivity contribution in [2.24, 2.45) is 0 Å². The monoisotopic (exact) mass is 369 g/mol. The maximum Gasteiger partial charge on any atom is 0.275 e. The summed E-state index contributed by atoms with van der Waals surface area (Å²) >= 11 is 1.79. The number of methoxy groups -OCH3 is 1. The van der Waals surface area contributed by atoms with Crippen molar-refractivity contribution in [3.05, 3.63) is 46.3 Å². The zero-order valence-corrected chi connectivity index (χ0v) is 15.7. The number of likely N-dealkylation sites (tertiary alicyclic amines) is 1. The van der Waals surface area contributed by atoms with Crippen LogP contribution in [-0.2, 0) is 6.42 Å². The van der Waals surface area contributed by atoms with Crippen LogP contribution in [0, 0.1) is 0 Å². The van der Waals surface area contributed by atoms with E-state index in [9.17, 15) is 4.79 Å². The van der Waals surface area contributed by atoms with Crippen molar-refractivity contribution >= 4 is 28.1 Å². The van der Waals surface area contributed by atoms with Crippen molar-refractivity contribution in [3.8, 4) is 5.75 Å². The number of benzene rings is 1. The van der Waals surface area contributed by atoms with Crippen molar-refractivity contribution in [3.63, 3.8) is 0 Å². The molecule has 1 saturated heterocycles. The second-order valence-electron chi connectivity index (χ2n) is 6.75. The van der Waals surface area contributed by atoms with Crippen molar-refractivity contribution in [2.45, 2.75) is 38.1 Å². The molecule has 3 heterocycles. The Balaban J connectivity index is 1.56. The minimum Gasteiger partial charge on any atom is -0.497 e. The molecular formula is C20H23N3O2S. The first-order valence-corrected chi connectivity index (χ1v) is 9.99. The van der Waals surface area contributed by atoms with Crippen LogP contribution in [0.2, 0.25) is 0 Å². The number of carbonyl (C=O) groups excluding carboxylic acids is 1. The molecule has 26 heavy (non-hydrogen) atoms. The van der Waals surface area contributed by atoms with Gasteiger partial charge in [-0.15, -0.1) is 11.3 Å². The topological polar surface area (TPSA) is 58.2 Å². The van der Waals surface area contributed by atoms with E-state index in [4.69, 9.17) is 4.74 Å². The first-order chi connectivity index (χ1) is 12.8. The summed E-state index contributed by atoms with van der Waals surface area (Å²) in [5, 5.41) is 10.2. The lowest BCUT2D eigenvalue weighted by molar-refractivity contribution is 0.0598. The van der Waals surface area contributed by atoms with E-state index in [1.807, 2.05) is 23.1 Å². The Kier molecular flexibility index (Phi) is 4.93. The molecular weight excluding hydrogens is 346 g/mol. The Morgan fingerprint density at radius 3 is 3.12 bits per heavy atom. The van der Waals surface area contributed by atoms with E-state index >= 15 is 0 Å². The molecule has 1 atom stereocenters. The molecule has 1 aliphatic rings. The fraction of sp³-hybridized carbons (Fsp3) is 0.400. The lowest BCUT2D eigenvalue weighted by atomic mass is 9.97. The molecule has 4 rings (SSSR count). The molecule has 2 aromatic heterocycles. The Hall–Kier alpha value is -2.34. The van der Waals surface area contributed by atoms with E-state index in [-0.39, 0.29) is 11.9 Å². The highest BCUT2D eigenvalue weighted by Gasteiger charge is 2.29. The van der Waals surface area contributed by atoms with Crippen molar-refractivity contribution < 1.29 is 9.53 Å². The minimum absolute atomic E-state index is 0.0281. The summed E-state index contributed by atoms with van der Waals surface area (Å²) in [6, 6.07) is 10.2. The van der Waals surface area contributed by atoms with E-state index in [0.717, 1.165) is 48.9 Å². The summed E-state index contributed by atoms with van der Waals surface area (Å²) in [7, 11) is 1.63. The van der Waals surface area contributed by atoms with Gasteiger partial charge in [0.2, 0.25) is 0 Å². The van der Waals surface area contributed by atoms with Crippen LogP contribution >= 0.6 is 11.3 Å². The second kappa shape index (κ2) is 7.50. The van der Waals surface area contributed by atoms with Gasteiger partial charge in [0, 0.05) is 22.8 Å². The third-order valence-corrected chi connectivity index (χ3v) is 6.10. The van der Waals surface area contributed by atoms with Crippen molar-refractivity contribution in [2.75, 3.05) is 13.7 Å². The SMILES string of the molecule is COc1ccc2[nH]nc(C(=O)N3CCCC[C@H]3CCc3cccs3)c2c1. The molecule has 3 aromatic rings. The van der Waals surface area contributed by atoms with Gasteiger partial charge in [0.1, 0.15) is 5.75 Å². The quantitative estimate of drug-likeness (QED) is 0.731. The summed E-state index contributed by atoms with van der Waals surface area (Å²) in [4.78, 5) is 16.7. The van der Waals surface area contributed by atoms with Crippen LogP contribution in [-0.4, -0.2) is 40.7 Å². The normalized spacial score (nSPS) is 17.6. The van der Waals surface area contributed by atoms with Gasteiger partial charge in [-0.2, -0.15) is 5.10 Å². The number of thiophene rings is 1. The van der Waals surface area contributed by atoms with Gasteiger partial charge in [-0.3, -0.25) is 9.89 Å². The van der Waals surface area contributed by atoms with Gasteiger partial charge in [0.15, 0.2) is 5.69 Å². The van der Waals surface area contributed by atoms with Gasteiger partial charge in [0.25, 0.3) is 5.91 Å². The number of amides is 1. The molecule has 1 N–H and O–H groups in total. The largest absolute Gasteiger partial charge is 0.497 e. The van der Waals surface area contributed by atoms with Gasteiger partial charge < -0.3 is 9.64 Å². The molecule has 1 aliphatic heterocycles. The van der Waals surface area contributed by atoms with Crippen LogP contribution < -0.4 is 4.74 Å². The van der Waals surface area contributed by atoms with Gasteiger partial charge in [-0.25, -0.2) is 0 Å². The second-order valence-corrected chi connectivity index (χ2v) is 7.78. The Morgan fingerprint density at radius 1 is 1.38 bits per heavy atom. The lowest BCUT2D eigenvalue weighted by Crippen LogP contribution is -2.44. The zero-order chi connectivity index (χ0) is 17.9. The molecule has 1 fully saturated rings. The summed E-state index contributed by atoms with van der Waals surface area (Å²) in [5.74, 6) is 0.765. The highest BCUT2D eigenvalue weighted by atomic mass is 32.1. The molecule has 0 radical (unpaired) electrons. The summed E-state index contributed by atoms with van der Waals surface area (Å²) in [6.07, 6.45) is 5.36. The average Bonchev–Trinajstić information content (AvgIpc) is 3.35. The number of aromatic nitrogens is 2. The number of ether oxygens (including phenoxy) is 1. The third kappa shape index (κ3) is 3.33. The van der Waals surface area contributed by atoms with E-state index in [0.29, 0.717) is 5.69 Å². The number of hydrogen-bond acceptors (Lipinski definition) is 4. The number of carbonyl (C=O) groups is 1. The fourth-order valence-electron chi connectivity index (χ4n) is 3.75. The van der Waals surface area contributed by atoms with E-state index in [2.05, 4.69) is 27.7 Å². The number of aromatic amines is 1. The van der Waals surface area contributed by atoms with Crippen molar-refractivity contribution in [1.29, 1.82) is 0 Å². The van der Waals surface area contributed by atoms with Crippen LogP contribution in [0.1, 0.15) is 41.0 Å².